The molecule has 0 spiro atoms. The van der Waals surface area contributed by atoms with Gasteiger partial charge in [0.25, 0.3) is 0 Å². The maximum atomic E-state index is 12.5. The zero-order valence-electron chi connectivity index (χ0n) is 16.2. The van der Waals surface area contributed by atoms with Crippen molar-refractivity contribution in [2.45, 2.75) is 33.1 Å². The number of ether oxygens (including phenoxy) is 1. The molecule has 0 aliphatic carbocycles. The number of carbonyl (C=O) groups is 2. The number of amides is 2. The van der Waals surface area contributed by atoms with Crippen molar-refractivity contribution >= 4 is 17.5 Å². The van der Waals surface area contributed by atoms with Crippen molar-refractivity contribution in [2.75, 3.05) is 51.3 Å². The van der Waals surface area contributed by atoms with Crippen LogP contribution in [0.25, 0.3) is 0 Å². The third kappa shape index (κ3) is 5.64. The predicted octanol–water partition coefficient (Wildman–Crippen LogP) is 2.38. The lowest BCUT2D eigenvalue weighted by atomic mass is 10.2. The van der Waals surface area contributed by atoms with Gasteiger partial charge in [-0.25, -0.2) is 0 Å². The molecule has 1 fully saturated rings. The number of piperazine rings is 1. The van der Waals surface area contributed by atoms with Crippen molar-refractivity contribution in [1.82, 2.24) is 9.80 Å². The molecule has 26 heavy (non-hydrogen) atoms. The van der Waals surface area contributed by atoms with E-state index in [1.807, 2.05) is 17.0 Å². The second-order valence-corrected chi connectivity index (χ2v) is 6.68. The summed E-state index contributed by atoms with van der Waals surface area (Å²) in [6.45, 7) is 8.03. The van der Waals surface area contributed by atoms with Crippen LogP contribution in [0.5, 0.6) is 5.75 Å². The van der Waals surface area contributed by atoms with Gasteiger partial charge in [0.1, 0.15) is 5.75 Å². The Hall–Kier alpha value is -2.24. The first-order valence-corrected chi connectivity index (χ1v) is 9.47. The Bertz CT molecular complexity index is 580. The van der Waals surface area contributed by atoms with E-state index in [1.54, 1.807) is 18.9 Å². The monoisotopic (exact) mass is 361 g/mol. The predicted molar refractivity (Wildman–Crippen MR) is 104 cm³/mol. The van der Waals surface area contributed by atoms with Crippen LogP contribution < -0.4 is 9.64 Å². The van der Waals surface area contributed by atoms with Gasteiger partial charge in [-0.2, -0.15) is 0 Å². The summed E-state index contributed by atoms with van der Waals surface area (Å²) in [6.07, 6.45) is 2.44. The first-order chi connectivity index (χ1) is 12.5. The van der Waals surface area contributed by atoms with Crippen LogP contribution in [0.4, 0.5) is 5.69 Å². The van der Waals surface area contributed by atoms with E-state index in [0.29, 0.717) is 13.0 Å². The van der Waals surface area contributed by atoms with Crippen LogP contribution in [0.3, 0.4) is 0 Å². The second-order valence-electron chi connectivity index (χ2n) is 6.68. The van der Waals surface area contributed by atoms with Gasteiger partial charge in [-0.3, -0.25) is 9.59 Å². The molecule has 1 saturated heterocycles. The van der Waals surface area contributed by atoms with Crippen LogP contribution in [-0.2, 0) is 9.59 Å². The van der Waals surface area contributed by atoms with E-state index < -0.39 is 0 Å². The molecule has 6 nitrogen and oxygen atoms in total. The third-order valence-corrected chi connectivity index (χ3v) is 4.89. The van der Waals surface area contributed by atoms with Crippen molar-refractivity contribution in [3.05, 3.63) is 24.3 Å². The molecule has 1 aromatic rings. The molecule has 1 aliphatic heterocycles. The van der Waals surface area contributed by atoms with E-state index in [4.69, 9.17) is 4.74 Å². The van der Waals surface area contributed by atoms with Crippen molar-refractivity contribution in [3.63, 3.8) is 0 Å². The number of unbranched alkanes of at least 4 members (excludes halogenated alkanes) is 1. The van der Waals surface area contributed by atoms with Gasteiger partial charge in [-0.1, -0.05) is 13.3 Å². The first-order valence-electron chi connectivity index (χ1n) is 9.47. The number of hydrogen-bond acceptors (Lipinski definition) is 4. The lowest BCUT2D eigenvalue weighted by Crippen LogP contribution is -2.49. The minimum Gasteiger partial charge on any atom is -0.497 e. The largest absolute Gasteiger partial charge is 0.497 e. The molecule has 0 radical (unpaired) electrons. The average molecular weight is 361 g/mol. The number of hydrogen-bond donors (Lipinski definition) is 0. The molecule has 0 bridgehead atoms. The Morgan fingerprint density at radius 3 is 2.27 bits per heavy atom. The van der Waals surface area contributed by atoms with Gasteiger partial charge in [0.15, 0.2) is 0 Å². The number of nitrogens with zero attached hydrogens (tertiary/aromatic N) is 3. The Morgan fingerprint density at radius 1 is 1.08 bits per heavy atom. The normalized spacial score (nSPS) is 14.3. The van der Waals surface area contributed by atoms with E-state index in [2.05, 4.69) is 24.0 Å². The number of methoxy groups -OCH3 is 1. The lowest BCUT2D eigenvalue weighted by molar-refractivity contribution is -0.133. The number of anilines is 1. The van der Waals surface area contributed by atoms with E-state index >= 15 is 0 Å². The number of rotatable bonds is 8. The van der Waals surface area contributed by atoms with Crippen LogP contribution in [0.15, 0.2) is 24.3 Å². The molecule has 2 amide bonds. The van der Waals surface area contributed by atoms with E-state index in [1.165, 1.54) is 0 Å². The zero-order valence-corrected chi connectivity index (χ0v) is 16.2. The first kappa shape index (κ1) is 20.1. The fraction of sp³-hybridized carbons (Fsp3) is 0.600. The van der Waals surface area contributed by atoms with Gasteiger partial charge in [-0.05, 0) is 30.7 Å². The molecule has 6 heteroatoms. The Balaban J connectivity index is 1.79. The molecular formula is C20H31N3O3. The van der Waals surface area contributed by atoms with E-state index in [-0.39, 0.29) is 11.8 Å². The highest BCUT2D eigenvalue weighted by molar-refractivity contribution is 5.78. The molecule has 0 atom stereocenters. The van der Waals surface area contributed by atoms with Gasteiger partial charge >= 0.3 is 0 Å². The molecule has 0 saturated carbocycles. The highest BCUT2D eigenvalue weighted by atomic mass is 16.5. The van der Waals surface area contributed by atoms with E-state index in [9.17, 15) is 9.59 Å². The van der Waals surface area contributed by atoms with Crippen LogP contribution in [-0.4, -0.2) is 68.0 Å². The van der Waals surface area contributed by atoms with Crippen LogP contribution >= 0.6 is 0 Å². The maximum absolute atomic E-state index is 12.5. The summed E-state index contributed by atoms with van der Waals surface area (Å²) in [7, 11) is 1.66. The molecule has 2 rings (SSSR count). The van der Waals surface area contributed by atoms with Crippen LogP contribution in [0, 0.1) is 0 Å². The van der Waals surface area contributed by atoms with Gasteiger partial charge in [-0.15, -0.1) is 0 Å². The fourth-order valence-corrected chi connectivity index (χ4v) is 3.17. The molecule has 144 valence electrons. The molecule has 1 heterocycles. The molecule has 0 unspecified atom stereocenters. The average Bonchev–Trinajstić information content (AvgIpc) is 2.67. The van der Waals surface area contributed by atoms with Gasteiger partial charge < -0.3 is 19.4 Å². The summed E-state index contributed by atoms with van der Waals surface area (Å²) in [5.74, 6) is 1.04. The smallest absolute Gasteiger partial charge is 0.224 e. The van der Waals surface area contributed by atoms with Crippen molar-refractivity contribution in [2.24, 2.45) is 0 Å². The lowest BCUT2D eigenvalue weighted by Gasteiger charge is -2.36. The molecule has 1 aliphatic rings. The van der Waals surface area contributed by atoms with Gasteiger partial charge in [0, 0.05) is 58.3 Å². The summed E-state index contributed by atoms with van der Waals surface area (Å²) < 4.78 is 5.19. The van der Waals surface area contributed by atoms with Crippen molar-refractivity contribution in [1.29, 1.82) is 0 Å². The highest BCUT2D eigenvalue weighted by Crippen LogP contribution is 2.20. The minimum atomic E-state index is 0.0515. The Kier molecular flexibility index (Phi) is 7.75. The van der Waals surface area contributed by atoms with E-state index in [0.717, 1.165) is 57.0 Å². The summed E-state index contributed by atoms with van der Waals surface area (Å²) in [4.78, 5) is 30.1. The SMILES string of the molecule is CCCCN(CCC(=O)N1CCN(c2ccc(OC)cc2)CC1)C(C)=O. The summed E-state index contributed by atoms with van der Waals surface area (Å²) in [5.41, 5.74) is 1.15. The molecule has 0 N–H and O–H groups in total. The van der Waals surface area contributed by atoms with Crippen molar-refractivity contribution in [3.8, 4) is 5.75 Å². The maximum Gasteiger partial charge on any atom is 0.224 e. The minimum absolute atomic E-state index is 0.0515. The van der Waals surface area contributed by atoms with Gasteiger partial charge in [0.2, 0.25) is 11.8 Å². The van der Waals surface area contributed by atoms with Crippen LogP contribution in [0.1, 0.15) is 33.1 Å². The summed E-state index contributed by atoms with van der Waals surface area (Å²) >= 11 is 0. The van der Waals surface area contributed by atoms with Crippen LogP contribution in [0.2, 0.25) is 0 Å². The summed E-state index contributed by atoms with van der Waals surface area (Å²) in [6, 6.07) is 8.02. The quantitative estimate of drug-likeness (QED) is 0.713. The molecule has 0 aromatic heterocycles. The van der Waals surface area contributed by atoms with Crippen molar-refractivity contribution < 1.29 is 14.3 Å². The Labute approximate surface area is 156 Å². The fourth-order valence-electron chi connectivity index (χ4n) is 3.17. The number of benzene rings is 1. The van der Waals surface area contributed by atoms with Gasteiger partial charge in [0.05, 0.1) is 7.11 Å². The molecular weight excluding hydrogens is 330 g/mol. The second kappa shape index (κ2) is 10.0. The standard InChI is InChI=1S/C20H31N3O3/c1-4-5-11-21(17(2)24)12-10-20(25)23-15-13-22(14-16-23)18-6-8-19(26-3)9-7-18/h6-9H,4-5,10-16H2,1-3H3. The third-order valence-electron chi connectivity index (χ3n) is 4.89. The zero-order chi connectivity index (χ0) is 18.9. The molecule has 1 aromatic carbocycles. The topological polar surface area (TPSA) is 53.1 Å². The Morgan fingerprint density at radius 2 is 1.73 bits per heavy atom. The number of carbonyl (C=O) groups excluding carboxylic acids is 2. The highest BCUT2D eigenvalue weighted by Gasteiger charge is 2.22. The summed E-state index contributed by atoms with van der Waals surface area (Å²) in [5, 5.41) is 0.